The van der Waals surface area contributed by atoms with E-state index in [-0.39, 0.29) is 24.0 Å². The molecule has 2 aromatic heterocycles. The van der Waals surface area contributed by atoms with Crippen molar-refractivity contribution in [2.24, 2.45) is 0 Å². The highest BCUT2D eigenvalue weighted by molar-refractivity contribution is 5.93. The molecule has 1 aromatic carbocycles. The van der Waals surface area contributed by atoms with Gasteiger partial charge in [-0.2, -0.15) is 0 Å². The molecule has 200 valence electrons. The number of hydrogen-bond donors (Lipinski definition) is 2. The largest absolute Gasteiger partial charge is 0.378 e. The van der Waals surface area contributed by atoms with Crippen molar-refractivity contribution in [3.05, 3.63) is 71.7 Å². The Bertz CT molecular complexity index is 1230. The third-order valence-corrected chi connectivity index (χ3v) is 6.73. The minimum atomic E-state index is -0.491. The summed E-state index contributed by atoms with van der Waals surface area (Å²) in [6.07, 6.45) is 2.72. The van der Waals surface area contributed by atoms with Gasteiger partial charge in [0.15, 0.2) is 11.6 Å². The van der Waals surface area contributed by atoms with Crippen LogP contribution in [0.2, 0.25) is 0 Å². The van der Waals surface area contributed by atoms with Gasteiger partial charge in [0.2, 0.25) is 0 Å². The van der Waals surface area contributed by atoms with Crippen molar-refractivity contribution in [1.82, 2.24) is 30.1 Å². The van der Waals surface area contributed by atoms with Gasteiger partial charge in [0.05, 0.1) is 26.0 Å². The van der Waals surface area contributed by atoms with Gasteiger partial charge in [-0.05, 0) is 36.9 Å². The first-order valence-electron chi connectivity index (χ1n) is 12.9. The molecular weight excluding hydrogens is 487 g/mol. The quantitative estimate of drug-likeness (QED) is 0.463. The SMILES string of the molecule is CN1CCN(Cc2ccc(Nc3ccnc(C(=O)NCc4ncc(F)c(N5CCOCC5)n4)c3)cc2)CC1. The number of nitrogens with zero attached hydrogens (tertiary/aromatic N) is 6. The van der Waals surface area contributed by atoms with E-state index in [2.05, 4.69) is 54.6 Å². The lowest BCUT2D eigenvalue weighted by atomic mass is 10.1. The van der Waals surface area contributed by atoms with Gasteiger partial charge in [-0.3, -0.25) is 14.7 Å². The Morgan fingerprint density at radius 3 is 2.53 bits per heavy atom. The van der Waals surface area contributed by atoms with E-state index in [4.69, 9.17) is 4.74 Å². The minimum Gasteiger partial charge on any atom is -0.378 e. The number of halogens is 1. The second-order valence-corrected chi connectivity index (χ2v) is 9.57. The number of ether oxygens (including phenoxy) is 1. The molecule has 1 amide bonds. The standard InChI is InChI=1S/C27H33FN8O2/c1-34-8-10-35(11-9-34)19-20-2-4-21(5-3-20)32-22-6-7-29-24(16-22)27(37)31-18-25-30-17-23(28)26(33-25)36-12-14-38-15-13-36/h2-7,16-17H,8-15,18-19H2,1H3,(H,29,32)(H,31,37). The van der Waals surface area contributed by atoms with E-state index in [1.807, 2.05) is 23.1 Å². The van der Waals surface area contributed by atoms with Crippen molar-refractivity contribution in [1.29, 1.82) is 0 Å². The highest BCUT2D eigenvalue weighted by atomic mass is 19.1. The summed E-state index contributed by atoms with van der Waals surface area (Å²) in [5, 5.41) is 6.11. The van der Waals surface area contributed by atoms with Gasteiger partial charge in [0.25, 0.3) is 5.91 Å². The van der Waals surface area contributed by atoms with Gasteiger partial charge in [-0.15, -0.1) is 0 Å². The van der Waals surface area contributed by atoms with Crippen LogP contribution in [0, 0.1) is 5.82 Å². The predicted octanol–water partition coefficient (Wildman–Crippen LogP) is 2.27. The van der Waals surface area contributed by atoms with Crippen LogP contribution in [-0.2, 0) is 17.8 Å². The molecule has 2 saturated heterocycles. The topological polar surface area (TPSA) is 98.8 Å². The summed E-state index contributed by atoms with van der Waals surface area (Å²) in [5.74, 6) is -0.301. The number of benzene rings is 1. The molecule has 0 bridgehead atoms. The Hall–Kier alpha value is -3.67. The number of carbonyl (C=O) groups excluding carboxylic acids is 1. The number of nitrogens with one attached hydrogen (secondary N) is 2. The lowest BCUT2D eigenvalue weighted by Gasteiger charge is -2.32. The Morgan fingerprint density at radius 2 is 1.76 bits per heavy atom. The van der Waals surface area contributed by atoms with E-state index >= 15 is 0 Å². The van der Waals surface area contributed by atoms with Crippen LogP contribution < -0.4 is 15.5 Å². The number of carbonyl (C=O) groups is 1. The fraction of sp³-hybridized carbons (Fsp3) is 0.407. The Labute approximate surface area is 221 Å². The van der Waals surface area contributed by atoms with Crippen LogP contribution in [-0.4, -0.2) is 90.2 Å². The molecule has 2 aliphatic rings. The molecule has 3 aromatic rings. The summed E-state index contributed by atoms with van der Waals surface area (Å²) < 4.78 is 19.6. The molecule has 11 heteroatoms. The molecule has 38 heavy (non-hydrogen) atoms. The van der Waals surface area contributed by atoms with Gasteiger partial charge in [-0.25, -0.2) is 14.4 Å². The lowest BCUT2D eigenvalue weighted by Crippen LogP contribution is -2.43. The summed E-state index contributed by atoms with van der Waals surface area (Å²) in [7, 11) is 2.16. The molecular formula is C27H33FN8O2. The monoisotopic (exact) mass is 520 g/mol. The van der Waals surface area contributed by atoms with Crippen LogP contribution in [0.25, 0.3) is 0 Å². The third kappa shape index (κ3) is 6.80. The number of likely N-dealkylation sites (N-methyl/N-ethyl adjacent to an activating group) is 1. The zero-order valence-electron chi connectivity index (χ0n) is 21.6. The smallest absolute Gasteiger partial charge is 0.270 e. The summed E-state index contributed by atoms with van der Waals surface area (Å²) in [6.45, 7) is 7.53. The first-order chi connectivity index (χ1) is 18.5. The van der Waals surface area contributed by atoms with Crippen molar-refractivity contribution in [3.63, 3.8) is 0 Å². The molecule has 0 saturated carbocycles. The fourth-order valence-corrected chi connectivity index (χ4v) is 4.48. The van der Waals surface area contributed by atoms with Gasteiger partial charge in [-0.1, -0.05) is 12.1 Å². The van der Waals surface area contributed by atoms with Gasteiger partial charge < -0.3 is 25.2 Å². The molecule has 2 fully saturated rings. The van der Waals surface area contributed by atoms with E-state index in [1.165, 1.54) is 5.56 Å². The minimum absolute atomic E-state index is 0.0601. The van der Waals surface area contributed by atoms with Gasteiger partial charge in [0, 0.05) is 63.4 Å². The van der Waals surface area contributed by atoms with E-state index in [0.29, 0.717) is 32.1 Å². The van der Waals surface area contributed by atoms with Crippen LogP contribution >= 0.6 is 0 Å². The lowest BCUT2D eigenvalue weighted by molar-refractivity contribution is 0.0945. The maximum atomic E-state index is 14.3. The van der Waals surface area contributed by atoms with Crippen LogP contribution in [0.4, 0.5) is 21.6 Å². The number of rotatable bonds is 8. The third-order valence-electron chi connectivity index (χ3n) is 6.73. The van der Waals surface area contributed by atoms with Crippen LogP contribution in [0.5, 0.6) is 0 Å². The maximum Gasteiger partial charge on any atom is 0.270 e. The highest BCUT2D eigenvalue weighted by Gasteiger charge is 2.18. The van der Waals surface area contributed by atoms with Crippen molar-refractivity contribution >= 4 is 23.1 Å². The molecule has 5 rings (SSSR count). The van der Waals surface area contributed by atoms with Crippen LogP contribution in [0.15, 0.2) is 48.8 Å². The predicted molar refractivity (Wildman–Crippen MR) is 143 cm³/mol. The second kappa shape index (κ2) is 12.2. The highest BCUT2D eigenvalue weighted by Crippen LogP contribution is 2.19. The molecule has 0 radical (unpaired) electrons. The van der Waals surface area contributed by atoms with E-state index in [1.54, 1.807) is 12.3 Å². The zero-order chi connectivity index (χ0) is 26.3. The molecule has 4 heterocycles. The van der Waals surface area contributed by atoms with Crippen molar-refractivity contribution in [2.45, 2.75) is 13.1 Å². The number of piperazine rings is 1. The number of pyridine rings is 1. The Balaban J connectivity index is 1.16. The molecule has 0 unspecified atom stereocenters. The van der Waals surface area contributed by atoms with Gasteiger partial charge >= 0.3 is 0 Å². The molecule has 2 N–H and O–H groups in total. The van der Waals surface area contributed by atoms with Crippen LogP contribution in [0.1, 0.15) is 21.9 Å². The van der Waals surface area contributed by atoms with Crippen molar-refractivity contribution < 1.29 is 13.9 Å². The molecule has 2 aliphatic heterocycles. The number of amides is 1. The van der Waals surface area contributed by atoms with Crippen molar-refractivity contribution in [3.8, 4) is 0 Å². The maximum absolute atomic E-state index is 14.3. The van der Waals surface area contributed by atoms with E-state index in [9.17, 15) is 9.18 Å². The summed E-state index contributed by atoms with van der Waals surface area (Å²) in [6, 6.07) is 11.9. The molecule has 0 spiro atoms. The Morgan fingerprint density at radius 1 is 1.00 bits per heavy atom. The number of morpholine rings is 1. The van der Waals surface area contributed by atoms with Crippen LogP contribution in [0.3, 0.4) is 0 Å². The fourth-order valence-electron chi connectivity index (χ4n) is 4.48. The average molecular weight is 521 g/mol. The average Bonchev–Trinajstić information content (AvgIpc) is 2.95. The summed E-state index contributed by atoms with van der Waals surface area (Å²) >= 11 is 0. The van der Waals surface area contributed by atoms with E-state index < -0.39 is 5.82 Å². The normalized spacial score (nSPS) is 16.8. The Kier molecular flexibility index (Phi) is 8.37. The van der Waals surface area contributed by atoms with E-state index in [0.717, 1.165) is 50.3 Å². The number of anilines is 3. The summed E-state index contributed by atoms with van der Waals surface area (Å²) in [4.78, 5) is 31.9. The molecule has 0 aliphatic carbocycles. The second-order valence-electron chi connectivity index (χ2n) is 9.57. The number of hydrogen-bond acceptors (Lipinski definition) is 9. The summed E-state index contributed by atoms with van der Waals surface area (Å²) in [5.41, 5.74) is 3.22. The zero-order valence-corrected chi connectivity index (χ0v) is 21.6. The van der Waals surface area contributed by atoms with Crippen molar-refractivity contribution in [2.75, 3.05) is 69.7 Å². The first-order valence-corrected chi connectivity index (χ1v) is 12.9. The molecule has 10 nitrogen and oxygen atoms in total. The van der Waals surface area contributed by atoms with Gasteiger partial charge in [0.1, 0.15) is 11.5 Å². The first kappa shape index (κ1) is 26.0. The number of aromatic nitrogens is 3. The molecule has 0 atom stereocenters.